The number of ether oxygens (including phenoxy) is 1. The van der Waals surface area contributed by atoms with Crippen molar-refractivity contribution in [1.82, 2.24) is 15.4 Å². The zero-order valence-electron chi connectivity index (χ0n) is 15.0. The zero-order chi connectivity index (χ0) is 16.4. The first-order valence-electron chi connectivity index (χ1n) is 8.87. The Hall–Kier alpha value is -0.910. The van der Waals surface area contributed by atoms with Crippen molar-refractivity contribution in [3.63, 3.8) is 0 Å². The van der Waals surface area contributed by atoms with Gasteiger partial charge < -0.3 is 19.5 Å². The van der Waals surface area contributed by atoms with E-state index in [2.05, 4.69) is 36.3 Å². The number of methoxy groups -OCH3 is 1. The predicted molar refractivity (Wildman–Crippen MR) is 90.3 cm³/mol. The van der Waals surface area contributed by atoms with Crippen LogP contribution in [0.4, 0.5) is 0 Å². The highest BCUT2D eigenvalue weighted by Crippen LogP contribution is 2.48. The van der Waals surface area contributed by atoms with Crippen LogP contribution in [0.2, 0.25) is 0 Å². The molecule has 3 rings (SSSR count). The molecule has 1 aromatic rings. The summed E-state index contributed by atoms with van der Waals surface area (Å²) >= 11 is 0. The third-order valence-electron chi connectivity index (χ3n) is 5.98. The van der Waals surface area contributed by atoms with Gasteiger partial charge in [-0.15, -0.1) is 0 Å². The van der Waals surface area contributed by atoms with Gasteiger partial charge in [0.05, 0.1) is 5.69 Å². The first-order chi connectivity index (χ1) is 11.0. The number of piperidine rings is 1. The lowest BCUT2D eigenvalue weighted by atomic mass is 9.57. The van der Waals surface area contributed by atoms with E-state index in [1.165, 1.54) is 32.4 Å². The Bertz CT molecular complexity index is 506. The summed E-state index contributed by atoms with van der Waals surface area (Å²) in [6.45, 7) is 7.72. The molecule has 2 atom stereocenters. The molecule has 23 heavy (non-hydrogen) atoms. The maximum absolute atomic E-state index is 5.31. The lowest BCUT2D eigenvalue weighted by Crippen LogP contribution is -2.60. The van der Waals surface area contributed by atoms with E-state index >= 15 is 0 Å². The molecule has 5 heteroatoms. The molecule has 1 aliphatic heterocycles. The summed E-state index contributed by atoms with van der Waals surface area (Å²) < 4.78 is 10.4. The summed E-state index contributed by atoms with van der Waals surface area (Å²) in [6.07, 6.45) is 4.80. The van der Waals surface area contributed by atoms with Crippen LogP contribution in [0, 0.1) is 11.3 Å². The molecule has 2 heterocycles. The van der Waals surface area contributed by atoms with E-state index in [1.807, 2.05) is 6.07 Å². The van der Waals surface area contributed by atoms with Gasteiger partial charge in [0.25, 0.3) is 0 Å². The molecular formula is C18H31N3O2. The minimum Gasteiger partial charge on any atom is -0.377 e. The Kier molecular flexibility index (Phi) is 5.09. The topological polar surface area (TPSA) is 50.5 Å². The van der Waals surface area contributed by atoms with Crippen molar-refractivity contribution >= 4 is 0 Å². The molecule has 1 saturated carbocycles. The van der Waals surface area contributed by atoms with Crippen molar-refractivity contribution in [2.24, 2.45) is 11.3 Å². The normalized spacial score (nSPS) is 28.7. The van der Waals surface area contributed by atoms with Gasteiger partial charge in [0.1, 0.15) is 6.61 Å². The van der Waals surface area contributed by atoms with Gasteiger partial charge in [0, 0.05) is 25.3 Å². The van der Waals surface area contributed by atoms with Crippen LogP contribution in [0.15, 0.2) is 10.6 Å². The van der Waals surface area contributed by atoms with Gasteiger partial charge in [-0.05, 0) is 57.2 Å². The molecule has 130 valence electrons. The summed E-state index contributed by atoms with van der Waals surface area (Å²) in [5, 5.41) is 8.11. The van der Waals surface area contributed by atoms with E-state index in [0.717, 1.165) is 17.9 Å². The third kappa shape index (κ3) is 3.78. The van der Waals surface area contributed by atoms with Gasteiger partial charge in [-0.1, -0.05) is 19.0 Å². The fourth-order valence-electron chi connectivity index (χ4n) is 4.02. The molecule has 0 radical (unpaired) electrons. The van der Waals surface area contributed by atoms with Crippen molar-refractivity contribution in [3.05, 3.63) is 17.5 Å². The average Bonchev–Trinajstić information content (AvgIpc) is 2.96. The van der Waals surface area contributed by atoms with Crippen LogP contribution >= 0.6 is 0 Å². The average molecular weight is 321 g/mol. The Morgan fingerprint density at radius 3 is 2.78 bits per heavy atom. The molecule has 0 spiro atoms. The molecule has 0 amide bonds. The maximum Gasteiger partial charge on any atom is 0.162 e. The van der Waals surface area contributed by atoms with Crippen LogP contribution in [0.3, 0.4) is 0 Å². The lowest BCUT2D eigenvalue weighted by molar-refractivity contribution is 0.00205. The SMILES string of the molecule is COCc1cc(C[C@@H]2C[C@H](NC3CCN(C)CC3)C2(C)C)no1. The Labute approximate surface area is 139 Å². The third-order valence-corrected chi connectivity index (χ3v) is 5.98. The minimum absolute atomic E-state index is 0.323. The fourth-order valence-corrected chi connectivity index (χ4v) is 4.02. The number of hydrogen-bond acceptors (Lipinski definition) is 5. The second kappa shape index (κ2) is 6.91. The lowest BCUT2D eigenvalue weighted by Gasteiger charge is -2.54. The molecule has 5 nitrogen and oxygen atoms in total. The van der Waals surface area contributed by atoms with Gasteiger partial charge in [-0.3, -0.25) is 0 Å². The highest BCUT2D eigenvalue weighted by molar-refractivity contribution is 5.11. The van der Waals surface area contributed by atoms with Crippen LogP contribution in [0.25, 0.3) is 0 Å². The Morgan fingerprint density at radius 1 is 1.39 bits per heavy atom. The molecule has 2 fully saturated rings. The van der Waals surface area contributed by atoms with E-state index in [-0.39, 0.29) is 0 Å². The molecule has 1 aromatic heterocycles. The number of hydrogen-bond donors (Lipinski definition) is 1. The van der Waals surface area contributed by atoms with E-state index < -0.39 is 0 Å². The van der Waals surface area contributed by atoms with Crippen molar-refractivity contribution in [2.75, 3.05) is 27.2 Å². The summed E-state index contributed by atoms with van der Waals surface area (Å²) in [5.74, 6) is 1.49. The molecule has 1 saturated heterocycles. The minimum atomic E-state index is 0.323. The maximum atomic E-state index is 5.31. The molecular weight excluding hydrogens is 290 g/mol. The van der Waals surface area contributed by atoms with E-state index in [1.54, 1.807) is 7.11 Å². The number of rotatable bonds is 6. The van der Waals surface area contributed by atoms with Crippen molar-refractivity contribution < 1.29 is 9.26 Å². The van der Waals surface area contributed by atoms with Gasteiger partial charge in [0.15, 0.2) is 5.76 Å². The molecule has 0 aromatic carbocycles. The Morgan fingerprint density at radius 2 is 2.13 bits per heavy atom. The number of likely N-dealkylation sites (tertiary alicyclic amines) is 1. The number of nitrogens with zero attached hydrogens (tertiary/aromatic N) is 2. The van der Waals surface area contributed by atoms with Crippen molar-refractivity contribution in [2.45, 2.75) is 58.2 Å². The summed E-state index contributed by atoms with van der Waals surface area (Å²) in [7, 11) is 3.89. The van der Waals surface area contributed by atoms with E-state index in [0.29, 0.717) is 30.0 Å². The van der Waals surface area contributed by atoms with Gasteiger partial charge in [-0.2, -0.15) is 0 Å². The monoisotopic (exact) mass is 321 g/mol. The molecule has 2 aliphatic rings. The van der Waals surface area contributed by atoms with Crippen LogP contribution in [0.5, 0.6) is 0 Å². The molecule has 0 unspecified atom stereocenters. The predicted octanol–water partition coefficient (Wildman–Crippen LogP) is 2.46. The van der Waals surface area contributed by atoms with Crippen LogP contribution in [0.1, 0.15) is 44.6 Å². The summed E-state index contributed by atoms with van der Waals surface area (Å²) in [4.78, 5) is 2.43. The summed E-state index contributed by atoms with van der Waals surface area (Å²) in [6, 6.07) is 3.36. The van der Waals surface area contributed by atoms with Gasteiger partial charge in [0.2, 0.25) is 0 Å². The van der Waals surface area contributed by atoms with Crippen LogP contribution in [-0.2, 0) is 17.8 Å². The van der Waals surface area contributed by atoms with Crippen LogP contribution < -0.4 is 5.32 Å². The van der Waals surface area contributed by atoms with Crippen molar-refractivity contribution in [1.29, 1.82) is 0 Å². The number of aromatic nitrogens is 1. The first kappa shape index (κ1) is 16.9. The highest BCUT2D eigenvalue weighted by Gasteiger charge is 2.48. The highest BCUT2D eigenvalue weighted by atomic mass is 16.5. The molecule has 1 aliphatic carbocycles. The largest absolute Gasteiger partial charge is 0.377 e. The smallest absolute Gasteiger partial charge is 0.162 e. The molecule has 1 N–H and O–H groups in total. The second-order valence-corrected chi connectivity index (χ2v) is 7.97. The van der Waals surface area contributed by atoms with Crippen molar-refractivity contribution in [3.8, 4) is 0 Å². The first-order valence-corrected chi connectivity index (χ1v) is 8.87. The zero-order valence-corrected chi connectivity index (χ0v) is 15.0. The second-order valence-electron chi connectivity index (χ2n) is 7.97. The van der Waals surface area contributed by atoms with Gasteiger partial charge >= 0.3 is 0 Å². The van der Waals surface area contributed by atoms with E-state index in [9.17, 15) is 0 Å². The molecule has 0 bridgehead atoms. The summed E-state index contributed by atoms with van der Waals surface area (Å²) in [5.41, 5.74) is 1.39. The number of nitrogens with one attached hydrogen (secondary N) is 1. The van der Waals surface area contributed by atoms with E-state index in [4.69, 9.17) is 9.26 Å². The standard InChI is InChI=1S/C18H31N3O2/c1-18(2)13(9-15-11-16(12-22-4)23-20-15)10-17(18)19-14-5-7-21(3)8-6-14/h11,13-14,17,19H,5-10,12H2,1-4H3/t13-,17+/m1/s1. The van der Waals surface area contributed by atoms with Crippen LogP contribution in [-0.4, -0.2) is 49.4 Å². The quantitative estimate of drug-likeness (QED) is 0.872. The Balaban J connectivity index is 1.49. The fraction of sp³-hybridized carbons (Fsp3) is 0.833. The van der Waals surface area contributed by atoms with Gasteiger partial charge in [-0.25, -0.2) is 0 Å².